The molecule has 0 aromatic heterocycles. The van der Waals surface area contributed by atoms with E-state index in [0.29, 0.717) is 24.9 Å². The third kappa shape index (κ3) is 2.13. The van der Waals surface area contributed by atoms with E-state index < -0.39 is 0 Å². The molecule has 0 saturated heterocycles. The van der Waals surface area contributed by atoms with Crippen LogP contribution >= 0.6 is 0 Å². The van der Waals surface area contributed by atoms with Crippen molar-refractivity contribution in [3.63, 3.8) is 0 Å². The van der Waals surface area contributed by atoms with Crippen molar-refractivity contribution < 1.29 is 9.84 Å². The summed E-state index contributed by atoms with van der Waals surface area (Å²) in [6, 6.07) is 5.47. The van der Waals surface area contributed by atoms with E-state index in [1.165, 1.54) is 0 Å². The van der Waals surface area contributed by atoms with Crippen molar-refractivity contribution >= 4 is 5.96 Å². The summed E-state index contributed by atoms with van der Waals surface area (Å²) in [6.45, 7) is 3.05. The zero-order chi connectivity index (χ0) is 12.4. The molecule has 5 heteroatoms. The molecule has 17 heavy (non-hydrogen) atoms. The second-order valence-electron chi connectivity index (χ2n) is 3.99. The fourth-order valence-corrected chi connectivity index (χ4v) is 1.91. The molecule has 3 N–H and O–H groups in total. The third-order valence-corrected chi connectivity index (χ3v) is 2.92. The van der Waals surface area contributed by atoms with Crippen LogP contribution in [-0.2, 0) is 0 Å². The van der Waals surface area contributed by atoms with Gasteiger partial charge in [0.05, 0.1) is 19.2 Å². The van der Waals surface area contributed by atoms with E-state index in [9.17, 15) is 5.11 Å². The van der Waals surface area contributed by atoms with Crippen LogP contribution in [0.1, 0.15) is 18.5 Å². The third-order valence-electron chi connectivity index (χ3n) is 2.92. The fourth-order valence-electron chi connectivity index (χ4n) is 1.91. The van der Waals surface area contributed by atoms with E-state index in [4.69, 9.17) is 10.5 Å². The summed E-state index contributed by atoms with van der Waals surface area (Å²) >= 11 is 0. The van der Waals surface area contributed by atoms with Gasteiger partial charge in [-0.15, -0.1) is 0 Å². The Labute approximate surface area is 101 Å². The maximum Gasteiger partial charge on any atom is 0.191 e. The molecule has 0 aliphatic carbocycles. The number of benzene rings is 1. The van der Waals surface area contributed by atoms with Crippen molar-refractivity contribution in [2.24, 2.45) is 10.7 Å². The van der Waals surface area contributed by atoms with Crippen LogP contribution in [0.3, 0.4) is 0 Å². The Bertz CT molecular complexity index is 445. The maximum atomic E-state index is 9.63. The Balaban J connectivity index is 2.25. The fraction of sp³-hybridized carbons (Fsp3) is 0.417. The zero-order valence-corrected chi connectivity index (χ0v) is 10.1. The molecule has 0 amide bonds. The monoisotopic (exact) mass is 235 g/mol. The van der Waals surface area contributed by atoms with Gasteiger partial charge in [-0.1, -0.05) is 6.07 Å². The number of nitrogens with two attached hydrogens (primary N) is 1. The Morgan fingerprint density at radius 1 is 1.59 bits per heavy atom. The van der Waals surface area contributed by atoms with Crippen LogP contribution < -0.4 is 10.5 Å². The van der Waals surface area contributed by atoms with Crippen LogP contribution in [0.4, 0.5) is 0 Å². The van der Waals surface area contributed by atoms with Crippen molar-refractivity contribution in [1.29, 1.82) is 0 Å². The summed E-state index contributed by atoms with van der Waals surface area (Å²) in [5, 5.41) is 9.63. The Kier molecular flexibility index (Phi) is 3.08. The first-order valence-corrected chi connectivity index (χ1v) is 5.62. The summed E-state index contributed by atoms with van der Waals surface area (Å²) in [4.78, 5) is 6.11. The lowest BCUT2D eigenvalue weighted by atomic mass is 10.1. The lowest BCUT2D eigenvalue weighted by molar-refractivity contribution is 0.316. The van der Waals surface area contributed by atoms with Gasteiger partial charge in [-0.05, 0) is 24.6 Å². The van der Waals surface area contributed by atoms with Crippen LogP contribution in [0.2, 0.25) is 0 Å². The van der Waals surface area contributed by atoms with E-state index >= 15 is 0 Å². The van der Waals surface area contributed by atoms with Gasteiger partial charge in [0.1, 0.15) is 0 Å². The molecule has 0 radical (unpaired) electrons. The minimum absolute atomic E-state index is 0.120. The van der Waals surface area contributed by atoms with Gasteiger partial charge in [-0.2, -0.15) is 0 Å². The van der Waals surface area contributed by atoms with Gasteiger partial charge in [0, 0.05) is 7.05 Å². The minimum atomic E-state index is 0.120. The molecular weight excluding hydrogens is 218 g/mol. The smallest absolute Gasteiger partial charge is 0.191 e. The SMILES string of the molecule is CCOc1cc(C2CN=C(N)N2C)ccc1O. The average Bonchev–Trinajstić information content (AvgIpc) is 2.64. The molecule has 0 saturated carbocycles. The first kappa shape index (κ1) is 11.6. The number of phenolic OH excluding ortho intramolecular Hbond substituents is 1. The highest BCUT2D eigenvalue weighted by Crippen LogP contribution is 2.32. The van der Waals surface area contributed by atoms with Crippen LogP contribution in [-0.4, -0.2) is 36.2 Å². The maximum absolute atomic E-state index is 9.63. The summed E-state index contributed by atoms with van der Waals surface area (Å²) in [5.41, 5.74) is 6.77. The Hall–Kier alpha value is -1.91. The molecule has 1 aromatic rings. The summed E-state index contributed by atoms with van der Waals surface area (Å²) in [7, 11) is 1.91. The first-order valence-electron chi connectivity index (χ1n) is 5.62. The number of hydrogen-bond acceptors (Lipinski definition) is 5. The number of likely N-dealkylation sites (N-methyl/N-ethyl adjacent to an activating group) is 1. The van der Waals surface area contributed by atoms with Crippen molar-refractivity contribution in [3.05, 3.63) is 23.8 Å². The zero-order valence-electron chi connectivity index (χ0n) is 10.1. The van der Waals surface area contributed by atoms with Gasteiger partial charge >= 0.3 is 0 Å². The Morgan fingerprint density at radius 2 is 2.35 bits per heavy atom. The molecule has 1 unspecified atom stereocenters. The highest BCUT2D eigenvalue weighted by atomic mass is 16.5. The van der Waals surface area contributed by atoms with Crippen LogP contribution in [0.5, 0.6) is 11.5 Å². The number of nitrogens with zero attached hydrogens (tertiary/aromatic N) is 2. The molecule has 1 heterocycles. The van der Waals surface area contributed by atoms with Gasteiger partial charge in [-0.25, -0.2) is 0 Å². The highest BCUT2D eigenvalue weighted by Gasteiger charge is 2.24. The molecule has 1 aromatic carbocycles. The predicted octanol–water partition coefficient (Wildman–Crippen LogP) is 1.09. The van der Waals surface area contributed by atoms with E-state index in [1.54, 1.807) is 6.07 Å². The van der Waals surface area contributed by atoms with E-state index in [-0.39, 0.29) is 11.8 Å². The number of hydrogen-bond donors (Lipinski definition) is 2. The van der Waals surface area contributed by atoms with Gasteiger partial charge in [-0.3, -0.25) is 4.99 Å². The minimum Gasteiger partial charge on any atom is -0.504 e. The average molecular weight is 235 g/mol. The van der Waals surface area contributed by atoms with Gasteiger partial charge in [0.2, 0.25) is 0 Å². The van der Waals surface area contributed by atoms with E-state index in [1.807, 2.05) is 31.0 Å². The molecule has 0 spiro atoms. The van der Waals surface area contributed by atoms with Gasteiger partial charge < -0.3 is 20.5 Å². The topological polar surface area (TPSA) is 71.1 Å². The van der Waals surface area contributed by atoms with Crippen LogP contribution in [0, 0.1) is 0 Å². The Morgan fingerprint density at radius 3 is 2.94 bits per heavy atom. The second kappa shape index (κ2) is 4.53. The predicted molar refractivity (Wildman–Crippen MR) is 66.3 cm³/mol. The number of phenols is 1. The number of guanidine groups is 1. The number of aromatic hydroxyl groups is 1. The lowest BCUT2D eigenvalue weighted by Crippen LogP contribution is -2.32. The summed E-state index contributed by atoms with van der Waals surface area (Å²) in [6.07, 6.45) is 0. The number of ether oxygens (including phenoxy) is 1. The molecule has 5 nitrogen and oxygen atoms in total. The molecule has 1 atom stereocenters. The molecule has 1 aliphatic heterocycles. The van der Waals surface area contributed by atoms with Crippen LogP contribution in [0.15, 0.2) is 23.2 Å². The highest BCUT2D eigenvalue weighted by molar-refractivity contribution is 5.80. The molecule has 2 rings (SSSR count). The van der Waals surface area contributed by atoms with Gasteiger partial charge in [0.25, 0.3) is 0 Å². The lowest BCUT2D eigenvalue weighted by Gasteiger charge is -2.22. The summed E-state index contributed by atoms with van der Waals surface area (Å²) in [5.74, 6) is 1.20. The van der Waals surface area contributed by atoms with Crippen molar-refractivity contribution in [3.8, 4) is 11.5 Å². The molecule has 0 fully saturated rings. The molecule has 92 valence electrons. The van der Waals surface area contributed by atoms with Crippen LogP contribution in [0.25, 0.3) is 0 Å². The summed E-state index contributed by atoms with van der Waals surface area (Å²) < 4.78 is 5.36. The van der Waals surface area contributed by atoms with Gasteiger partial charge in [0.15, 0.2) is 17.5 Å². The largest absolute Gasteiger partial charge is 0.504 e. The van der Waals surface area contributed by atoms with Crippen molar-refractivity contribution in [2.45, 2.75) is 13.0 Å². The van der Waals surface area contributed by atoms with Crippen molar-refractivity contribution in [2.75, 3.05) is 20.2 Å². The first-order chi connectivity index (χ1) is 8.13. The number of aliphatic imine (C=N–C) groups is 1. The molecule has 1 aliphatic rings. The number of rotatable bonds is 3. The van der Waals surface area contributed by atoms with Crippen molar-refractivity contribution in [1.82, 2.24) is 4.90 Å². The normalized spacial score (nSPS) is 19.3. The second-order valence-corrected chi connectivity index (χ2v) is 3.99. The molecule has 0 bridgehead atoms. The van der Waals surface area contributed by atoms with E-state index in [2.05, 4.69) is 4.99 Å². The standard InChI is InChI=1S/C12H17N3O2/c1-3-17-11-6-8(4-5-10(11)16)9-7-14-12(13)15(9)2/h4-6,9,16H,3,7H2,1-2H3,(H2,13,14). The van der Waals surface area contributed by atoms with E-state index in [0.717, 1.165) is 5.56 Å². The quantitative estimate of drug-likeness (QED) is 0.822. The molecular formula is C12H17N3O2.